The first kappa shape index (κ1) is 21.5. The third-order valence-corrected chi connectivity index (χ3v) is 8.83. The van der Waals surface area contributed by atoms with Gasteiger partial charge in [0.1, 0.15) is 17.2 Å². The third kappa shape index (κ3) is 3.68. The van der Waals surface area contributed by atoms with Crippen molar-refractivity contribution in [2.75, 3.05) is 26.2 Å². The van der Waals surface area contributed by atoms with Crippen LogP contribution < -0.4 is 10.9 Å². The summed E-state index contributed by atoms with van der Waals surface area (Å²) in [6, 6.07) is 5.50. The van der Waals surface area contributed by atoms with Gasteiger partial charge in [-0.05, 0) is 74.5 Å². The smallest absolute Gasteiger partial charge is 0.256 e. The van der Waals surface area contributed by atoms with Crippen molar-refractivity contribution in [3.63, 3.8) is 0 Å². The van der Waals surface area contributed by atoms with Crippen molar-refractivity contribution in [2.45, 2.75) is 56.4 Å². The van der Waals surface area contributed by atoms with Crippen molar-refractivity contribution < 1.29 is 14.0 Å². The fourth-order valence-electron chi connectivity index (χ4n) is 6.37. The van der Waals surface area contributed by atoms with Gasteiger partial charge in [0, 0.05) is 43.7 Å². The minimum absolute atomic E-state index is 0.00845. The molecule has 3 aliphatic carbocycles. The van der Waals surface area contributed by atoms with Gasteiger partial charge in [-0.2, -0.15) is 0 Å². The fraction of sp³-hybridized carbons (Fsp3) is 0.593. The number of hydrazine groups is 1. The molecule has 0 bridgehead atoms. The zero-order valence-corrected chi connectivity index (χ0v) is 19.9. The molecule has 2 saturated carbocycles. The van der Waals surface area contributed by atoms with Gasteiger partial charge in [-0.1, -0.05) is 12.1 Å². The number of aliphatic imine (C=N–C) groups is 1. The molecule has 7 rings (SSSR count). The number of carbonyl (C=O) groups excluding carboxylic acids is 2. The van der Waals surface area contributed by atoms with Crippen LogP contribution in [0.1, 0.15) is 62.0 Å². The minimum Gasteiger partial charge on any atom is -0.342 e. The van der Waals surface area contributed by atoms with Gasteiger partial charge in [0.25, 0.3) is 5.91 Å². The summed E-state index contributed by atoms with van der Waals surface area (Å²) in [4.78, 5) is 34.3. The van der Waals surface area contributed by atoms with Crippen LogP contribution in [0.15, 0.2) is 35.0 Å². The molecular formula is C27H32FN5O2. The molecule has 2 saturated heterocycles. The van der Waals surface area contributed by atoms with E-state index < -0.39 is 5.54 Å². The number of rotatable bonds is 5. The molecule has 8 heteroatoms. The predicted molar refractivity (Wildman–Crippen MR) is 129 cm³/mol. The molecule has 2 N–H and O–H groups in total. The van der Waals surface area contributed by atoms with E-state index in [0.29, 0.717) is 36.3 Å². The standard InChI is InChI=1S/C27H32FN5O2/c28-22-12-19(18-4-6-23-20(11-18)13-29-31-23)3-5-21(22)24-30-27(8-9-27)26(35)33(24)15-16-7-10-32(14-16)25(34)17-1-2-17/h3,5-6,12,16-18,20,29,31H,1-2,4,7-11,13-15H2/t16-,18?,20?/m1/s1. The number of carbonyl (C=O) groups is 2. The maximum absolute atomic E-state index is 15.6. The molecule has 3 aliphatic heterocycles. The zero-order valence-electron chi connectivity index (χ0n) is 19.9. The Hall–Kier alpha value is -2.74. The van der Waals surface area contributed by atoms with Crippen LogP contribution in [0.2, 0.25) is 0 Å². The highest BCUT2D eigenvalue weighted by molar-refractivity contribution is 6.16. The Morgan fingerprint density at radius 1 is 1.20 bits per heavy atom. The van der Waals surface area contributed by atoms with Gasteiger partial charge >= 0.3 is 0 Å². The molecule has 4 fully saturated rings. The Balaban J connectivity index is 1.10. The third-order valence-electron chi connectivity index (χ3n) is 8.83. The van der Waals surface area contributed by atoms with Crippen LogP contribution in [0.3, 0.4) is 0 Å². The molecule has 0 radical (unpaired) electrons. The van der Waals surface area contributed by atoms with Crippen LogP contribution in [0, 0.1) is 23.6 Å². The lowest BCUT2D eigenvalue weighted by Crippen LogP contribution is -2.41. The lowest BCUT2D eigenvalue weighted by Gasteiger charge is -2.26. The number of amides is 2. The topological polar surface area (TPSA) is 77.0 Å². The second-order valence-corrected chi connectivity index (χ2v) is 11.4. The van der Waals surface area contributed by atoms with E-state index in [4.69, 9.17) is 4.99 Å². The molecule has 184 valence electrons. The van der Waals surface area contributed by atoms with Gasteiger partial charge in [0.15, 0.2) is 0 Å². The van der Waals surface area contributed by atoms with E-state index in [1.807, 2.05) is 17.0 Å². The van der Waals surface area contributed by atoms with Crippen molar-refractivity contribution in [3.05, 3.63) is 46.9 Å². The first-order valence-corrected chi connectivity index (χ1v) is 13.2. The molecule has 6 aliphatic rings. The molecule has 7 nitrogen and oxygen atoms in total. The van der Waals surface area contributed by atoms with E-state index >= 15 is 4.39 Å². The molecule has 0 aromatic heterocycles. The van der Waals surface area contributed by atoms with Crippen molar-refractivity contribution in [1.82, 2.24) is 20.7 Å². The van der Waals surface area contributed by atoms with E-state index in [1.54, 1.807) is 11.0 Å². The summed E-state index contributed by atoms with van der Waals surface area (Å²) < 4.78 is 15.6. The van der Waals surface area contributed by atoms with Gasteiger partial charge < -0.3 is 10.3 Å². The number of nitrogens with zero attached hydrogens (tertiary/aromatic N) is 3. The number of benzene rings is 1. The second kappa shape index (κ2) is 7.88. The minimum atomic E-state index is -0.671. The number of allylic oxidation sites excluding steroid dienone is 1. The summed E-state index contributed by atoms with van der Waals surface area (Å²) in [5.41, 5.74) is 8.43. The highest BCUT2D eigenvalue weighted by Gasteiger charge is 2.58. The summed E-state index contributed by atoms with van der Waals surface area (Å²) >= 11 is 0. The summed E-state index contributed by atoms with van der Waals surface area (Å²) in [5.74, 6) is 1.63. The maximum Gasteiger partial charge on any atom is 0.256 e. The van der Waals surface area contributed by atoms with Gasteiger partial charge in [-0.25, -0.2) is 9.82 Å². The Morgan fingerprint density at radius 3 is 2.83 bits per heavy atom. The molecule has 2 amide bonds. The zero-order chi connectivity index (χ0) is 23.7. The van der Waals surface area contributed by atoms with E-state index in [9.17, 15) is 9.59 Å². The van der Waals surface area contributed by atoms with E-state index in [2.05, 4.69) is 16.9 Å². The maximum atomic E-state index is 15.6. The fourth-order valence-corrected chi connectivity index (χ4v) is 6.37. The largest absolute Gasteiger partial charge is 0.342 e. The molecular weight excluding hydrogens is 445 g/mol. The monoisotopic (exact) mass is 477 g/mol. The Labute approximate surface area is 204 Å². The number of amidine groups is 1. The highest BCUT2D eigenvalue weighted by atomic mass is 19.1. The van der Waals surface area contributed by atoms with Gasteiger partial charge in [-0.15, -0.1) is 0 Å². The Morgan fingerprint density at radius 2 is 2.06 bits per heavy atom. The molecule has 1 spiro atoms. The first-order chi connectivity index (χ1) is 17.0. The lowest BCUT2D eigenvalue weighted by atomic mass is 9.81. The molecule has 3 atom stereocenters. The number of halogens is 1. The van der Waals surface area contributed by atoms with Crippen LogP contribution >= 0.6 is 0 Å². The number of hydrogen-bond acceptors (Lipinski definition) is 5. The Kier molecular flexibility index (Phi) is 4.85. The molecule has 1 aromatic rings. The summed E-state index contributed by atoms with van der Waals surface area (Å²) in [5, 5.41) is 0. The first-order valence-electron chi connectivity index (χ1n) is 13.2. The summed E-state index contributed by atoms with van der Waals surface area (Å²) in [6.45, 7) is 2.85. The van der Waals surface area contributed by atoms with E-state index in [-0.39, 0.29) is 29.5 Å². The van der Waals surface area contributed by atoms with Crippen LogP contribution in [0.5, 0.6) is 0 Å². The molecule has 3 heterocycles. The molecule has 1 aromatic carbocycles. The SMILES string of the molecule is O=C(C1CC1)N1CC[C@@H](CN2C(=O)C3(CC3)N=C2c2ccc(C3CC=C4NNCC4C3)cc2F)C1. The average Bonchev–Trinajstić information content (AvgIpc) is 3.74. The Bertz CT molecular complexity index is 1150. The quantitative estimate of drug-likeness (QED) is 0.684. The van der Waals surface area contributed by atoms with E-state index in [1.165, 1.54) is 5.70 Å². The number of likely N-dealkylation sites (tertiary alicyclic amines) is 1. The normalized spacial score (nSPS) is 30.9. The van der Waals surface area contributed by atoms with Gasteiger partial charge in [-0.3, -0.25) is 19.5 Å². The molecule has 35 heavy (non-hydrogen) atoms. The van der Waals surface area contributed by atoms with Crippen molar-refractivity contribution >= 4 is 17.6 Å². The van der Waals surface area contributed by atoms with E-state index in [0.717, 1.165) is 63.6 Å². The number of hydrogen-bond donors (Lipinski definition) is 2. The van der Waals surface area contributed by atoms with Crippen LogP contribution in [0.25, 0.3) is 0 Å². The highest BCUT2D eigenvalue weighted by Crippen LogP contribution is 2.47. The van der Waals surface area contributed by atoms with Crippen molar-refractivity contribution in [3.8, 4) is 0 Å². The predicted octanol–water partition coefficient (Wildman–Crippen LogP) is 2.69. The molecule has 2 unspecified atom stereocenters. The second-order valence-electron chi connectivity index (χ2n) is 11.4. The van der Waals surface area contributed by atoms with Crippen LogP contribution in [-0.2, 0) is 9.59 Å². The van der Waals surface area contributed by atoms with Crippen LogP contribution in [-0.4, -0.2) is 59.2 Å². The summed E-state index contributed by atoms with van der Waals surface area (Å²) in [6.07, 6.45) is 8.49. The van der Waals surface area contributed by atoms with Crippen molar-refractivity contribution in [2.24, 2.45) is 22.7 Å². The summed E-state index contributed by atoms with van der Waals surface area (Å²) in [7, 11) is 0. The lowest BCUT2D eigenvalue weighted by molar-refractivity contribution is -0.131. The number of nitrogens with one attached hydrogen (secondary N) is 2. The average molecular weight is 478 g/mol. The van der Waals surface area contributed by atoms with Gasteiger partial charge in [0.05, 0.1) is 5.56 Å². The van der Waals surface area contributed by atoms with Crippen LogP contribution in [0.4, 0.5) is 4.39 Å². The van der Waals surface area contributed by atoms with Gasteiger partial charge in [0.2, 0.25) is 5.91 Å². The van der Waals surface area contributed by atoms with Crippen molar-refractivity contribution in [1.29, 1.82) is 0 Å². The number of fused-ring (bicyclic) bond motifs is 1.